The fourth-order valence-corrected chi connectivity index (χ4v) is 3.16. The van der Waals surface area contributed by atoms with Crippen molar-refractivity contribution in [3.8, 4) is 5.69 Å². The molecule has 0 spiro atoms. The van der Waals surface area contributed by atoms with Gasteiger partial charge >= 0.3 is 6.03 Å². The van der Waals surface area contributed by atoms with E-state index >= 15 is 0 Å². The van der Waals surface area contributed by atoms with E-state index in [2.05, 4.69) is 46.4 Å². The molecule has 0 saturated carbocycles. The van der Waals surface area contributed by atoms with Gasteiger partial charge in [-0.25, -0.2) is 4.79 Å². The summed E-state index contributed by atoms with van der Waals surface area (Å²) in [6, 6.07) is 10.1. The van der Waals surface area contributed by atoms with Gasteiger partial charge in [0.15, 0.2) is 0 Å². The molecule has 2 aromatic rings. The van der Waals surface area contributed by atoms with Crippen LogP contribution in [-0.2, 0) is 11.2 Å². The zero-order chi connectivity index (χ0) is 18.0. The van der Waals surface area contributed by atoms with Crippen molar-refractivity contribution in [3.05, 3.63) is 58.5 Å². The van der Waals surface area contributed by atoms with E-state index in [4.69, 9.17) is 0 Å². The van der Waals surface area contributed by atoms with Gasteiger partial charge in [0.05, 0.1) is 0 Å². The SMILES string of the molecule is CCCCc1ccc(-n2c(C)cc(/C=C3/NC(=O)NC3=O)c2C)cc1. The second-order valence-corrected chi connectivity index (χ2v) is 6.40. The van der Waals surface area contributed by atoms with Gasteiger partial charge in [0.25, 0.3) is 5.91 Å². The molecule has 1 aromatic carbocycles. The maximum atomic E-state index is 11.7. The number of aromatic nitrogens is 1. The lowest BCUT2D eigenvalue weighted by Crippen LogP contribution is -2.22. The molecule has 2 heterocycles. The highest BCUT2D eigenvalue weighted by Crippen LogP contribution is 2.23. The summed E-state index contributed by atoms with van der Waals surface area (Å²) < 4.78 is 2.16. The topological polar surface area (TPSA) is 63.1 Å². The number of carbonyl (C=O) groups excluding carboxylic acids is 2. The van der Waals surface area contributed by atoms with Crippen LogP contribution in [0.15, 0.2) is 36.0 Å². The number of rotatable bonds is 5. The third kappa shape index (κ3) is 3.50. The molecule has 0 radical (unpaired) electrons. The number of hydrogen-bond donors (Lipinski definition) is 2. The van der Waals surface area contributed by atoms with Crippen LogP contribution < -0.4 is 10.6 Å². The Hall–Kier alpha value is -2.82. The van der Waals surface area contributed by atoms with Crippen LogP contribution in [-0.4, -0.2) is 16.5 Å². The van der Waals surface area contributed by atoms with E-state index in [9.17, 15) is 9.59 Å². The van der Waals surface area contributed by atoms with Crippen LogP contribution in [0.1, 0.15) is 42.3 Å². The molecule has 3 rings (SSSR count). The highest BCUT2D eigenvalue weighted by molar-refractivity contribution is 6.14. The Labute approximate surface area is 147 Å². The van der Waals surface area contributed by atoms with Gasteiger partial charge in [0.1, 0.15) is 5.70 Å². The molecule has 0 bridgehead atoms. The number of nitrogens with zero attached hydrogens (tertiary/aromatic N) is 1. The van der Waals surface area contributed by atoms with Crippen LogP contribution in [0.25, 0.3) is 11.8 Å². The Morgan fingerprint density at radius 2 is 1.80 bits per heavy atom. The first-order valence-corrected chi connectivity index (χ1v) is 8.62. The Kier molecular flexibility index (Phi) is 4.74. The maximum absolute atomic E-state index is 11.7. The van der Waals surface area contributed by atoms with Crippen LogP contribution in [0.5, 0.6) is 0 Å². The monoisotopic (exact) mass is 337 g/mol. The summed E-state index contributed by atoms with van der Waals surface area (Å²) in [5.41, 5.74) is 5.75. The summed E-state index contributed by atoms with van der Waals surface area (Å²) in [4.78, 5) is 23.0. The lowest BCUT2D eigenvalue weighted by molar-refractivity contribution is -0.115. The highest BCUT2D eigenvalue weighted by Gasteiger charge is 2.23. The van der Waals surface area contributed by atoms with Crippen LogP contribution in [0, 0.1) is 13.8 Å². The van der Waals surface area contributed by atoms with Gasteiger partial charge < -0.3 is 9.88 Å². The van der Waals surface area contributed by atoms with Crippen LogP contribution in [0.4, 0.5) is 4.79 Å². The van der Waals surface area contributed by atoms with Gasteiger partial charge in [0, 0.05) is 17.1 Å². The first-order chi connectivity index (χ1) is 12.0. The molecule has 25 heavy (non-hydrogen) atoms. The zero-order valence-corrected chi connectivity index (χ0v) is 14.8. The van der Waals surface area contributed by atoms with E-state index in [0.717, 1.165) is 29.1 Å². The van der Waals surface area contributed by atoms with Crippen molar-refractivity contribution in [2.75, 3.05) is 0 Å². The van der Waals surface area contributed by atoms with Crippen molar-refractivity contribution in [1.29, 1.82) is 0 Å². The number of unbranched alkanes of at least 4 members (excludes halogenated alkanes) is 1. The first-order valence-electron chi connectivity index (χ1n) is 8.62. The van der Waals surface area contributed by atoms with Crippen molar-refractivity contribution in [1.82, 2.24) is 15.2 Å². The molecule has 130 valence electrons. The van der Waals surface area contributed by atoms with E-state index in [0.29, 0.717) is 0 Å². The van der Waals surface area contributed by atoms with Gasteiger partial charge in [-0.3, -0.25) is 10.1 Å². The predicted octanol–water partition coefficient (Wildman–Crippen LogP) is 3.62. The molecule has 1 fully saturated rings. The van der Waals surface area contributed by atoms with Crippen LogP contribution in [0.2, 0.25) is 0 Å². The molecule has 0 atom stereocenters. The van der Waals surface area contributed by atoms with Gasteiger partial charge in [-0.15, -0.1) is 0 Å². The standard InChI is InChI=1S/C20H23N3O2/c1-4-5-6-15-7-9-17(10-8-15)23-13(2)11-16(14(23)3)12-18-19(24)22-20(25)21-18/h7-12H,4-6H2,1-3H3,(H2,21,22,24,25)/b18-12+. The van der Waals surface area contributed by atoms with Crippen molar-refractivity contribution in [2.45, 2.75) is 40.0 Å². The lowest BCUT2D eigenvalue weighted by atomic mass is 10.1. The van der Waals surface area contributed by atoms with Crippen molar-refractivity contribution >= 4 is 18.0 Å². The van der Waals surface area contributed by atoms with E-state index in [1.165, 1.54) is 18.4 Å². The van der Waals surface area contributed by atoms with Crippen molar-refractivity contribution in [2.24, 2.45) is 0 Å². The number of nitrogens with one attached hydrogen (secondary N) is 2. The molecule has 2 N–H and O–H groups in total. The minimum absolute atomic E-state index is 0.278. The van der Waals surface area contributed by atoms with Crippen molar-refractivity contribution in [3.63, 3.8) is 0 Å². The Bertz CT molecular complexity index is 845. The zero-order valence-electron chi connectivity index (χ0n) is 14.8. The fourth-order valence-electron chi connectivity index (χ4n) is 3.16. The highest BCUT2D eigenvalue weighted by atomic mass is 16.2. The summed E-state index contributed by atoms with van der Waals surface area (Å²) in [6.45, 7) is 6.25. The molecule has 5 heteroatoms. The molecular formula is C20H23N3O2. The first kappa shape index (κ1) is 17.0. The van der Waals surface area contributed by atoms with Crippen LogP contribution in [0.3, 0.4) is 0 Å². The smallest absolute Gasteiger partial charge is 0.318 e. The van der Waals surface area contributed by atoms with E-state index in [-0.39, 0.29) is 5.70 Å². The van der Waals surface area contributed by atoms with E-state index in [1.54, 1.807) is 6.08 Å². The number of hydrogen-bond acceptors (Lipinski definition) is 2. The normalized spacial score (nSPS) is 15.6. The average molecular weight is 337 g/mol. The Morgan fingerprint density at radius 1 is 1.08 bits per heavy atom. The number of benzene rings is 1. The van der Waals surface area contributed by atoms with Crippen molar-refractivity contribution < 1.29 is 9.59 Å². The third-order valence-electron chi connectivity index (χ3n) is 4.50. The third-order valence-corrected chi connectivity index (χ3v) is 4.50. The second-order valence-electron chi connectivity index (χ2n) is 6.40. The molecule has 0 aliphatic carbocycles. The van der Waals surface area contributed by atoms with Gasteiger partial charge in [-0.2, -0.15) is 0 Å². The molecule has 1 aliphatic heterocycles. The molecule has 3 amide bonds. The number of urea groups is 1. The molecule has 1 aliphatic rings. The summed E-state index contributed by atoms with van der Waals surface area (Å²) in [5.74, 6) is -0.393. The van der Waals surface area contributed by atoms with Gasteiger partial charge in [-0.05, 0) is 62.1 Å². The largest absolute Gasteiger partial charge is 0.326 e. The maximum Gasteiger partial charge on any atom is 0.326 e. The molecular weight excluding hydrogens is 314 g/mol. The van der Waals surface area contributed by atoms with Crippen LogP contribution >= 0.6 is 0 Å². The van der Waals surface area contributed by atoms with E-state index < -0.39 is 11.9 Å². The summed E-state index contributed by atoms with van der Waals surface area (Å²) in [7, 11) is 0. The summed E-state index contributed by atoms with van der Waals surface area (Å²) in [6.07, 6.45) is 5.22. The van der Waals surface area contributed by atoms with Gasteiger partial charge in [-0.1, -0.05) is 25.5 Å². The lowest BCUT2D eigenvalue weighted by Gasteiger charge is -2.11. The average Bonchev–Trinajstić information content (AvgIpc) is 3.04. The number of amides is 3. The minimum Gasteiger partial charge on any atom is -0.318 e. The molecule has 5 nitrogen and oxygen atoms in total. The summed E-state index contributed by atoms with van der Waals surface area (Å²) >= 11 is 0. The van der Waals surface area contributed by atoms with Gasteiger partial charge in [0.2, 0.25) is 0 Å². The quantitative estimate of drug-likeness (QED) is 0.646. The summed E-state index contributed by atoms with van der Waals surface area (Å²) in [5, 5.41) is 4.75. The second kappa shape index (κ2) is 6.97. The minimum atomic E-state index is -0.479. The molecule has 1 aromatic heterocycles. The predicted molar refractivity (Wildman–Crippen MR) is 98.5 cm³/mol. The number of imide groups is 1. The molecule has 1 saturated heterocycles. The molecule has 0 unspecified atom stereocenters. The number of aryl methyl sites for hydroxylation is 2. The van der Waals surface area contributed by atoms with E-state index in [1.807, 2.05) is 19.9 Å². The Balaban J connectivity index is 1.91. The fraction of sp³-hybridized carbons (Fsp3) is 0.300. The Morgan fingerprint density at radius 3 is 2.40 bits per heavy atom. The number of carbonyl (C=O) groups is 2.